The normalized spacial score (nSPS) is 16.6. The molecule has 208 valence electrons. The molecule has 1 N–H and O–H groups in total. The fourth-order valence-electron chi connectivity index (χ4n) is 5.80. The highest BCUT2D eigenvalue weighted by molar-refractivity contribution is 7.80. The van der Waals surface area contributed by atoms with E-state index >= 15 is 0 Å². The van der Waals surface area contributed by atoms with E-state index in [0.717, 1.165) is 47.3 Å². The Hall–Kier alpha value is -4.04. The van der Waals surface area contributed by atoms with Crippen LogP contribution < -0.4 is 24.6 Å². The summed E-state index contributed by atoms with van der Waals surface area (Å²) in [5, 5.41) is 4.19. The minimum absolute atomic E-state index is 0.153. The first-order chi connectivity index (χ1) is 19.4. The third kappa shape index (κ3) is 4.88. The molecule has 5 rings (SSSR count). The monoisotopic (exact) mass is 555 g/mol. The summed E-state index contributed by atoms with van der Waals surface area (Å²) in [6.45, 7) is 10.7. The molecule has 1 aliphatic heterocycles. The Bertz CT molecular complexity index is 1480. The first-order valence-electron chi connectivity index (χ1n) is 13.7. The van der Waals surface area contributed by atoms with Crippen LogP contribution in [0, 0.1) is 13.8 Å². The molecule has 40 heavy (non-hydrogen) atoms. The van der Waals surface area contributed by atoms with E-state index in [4.69, 9.17) is 26.7 Å². The van der Waals surface area contributed by atoms with Gasteiger partial charge in [0.05, 0.1) is 37.7 Å². The van der Waals surface area contributed by atoms with Crippen LogP contribution in [-0.4, -0.2) is 42.0 Å². The number of aryl methyl sites for hydroxylation is 1. The summed E-state index contributed by atoms with van der Waals surface area (Å²) in [5.41, 5.74) is 7.65. The summed E-state index contributed by atoms with van der Waals surface area (Å²) in [6, 6.07) is 22.6. The molecule has 0 saturated carbocycles. The molecule has 2 aromatic heterocycles. The number of benzene rings is 2. The van der Waals surface area contributed by atoms with Crippen molar-refractivity contribution >= 4 is 28.7 Å². The van der Waals surface area contributed by atoms with E-state index in [-0.39, 0.29) is 12.1 Å². The number of nitrogens with zero attached hydrogens (tertiary/aromatic N) is 4. The van der Waals surface area contributed by atoms with Gasteiger partial charge in [0.1, 0.15) is 11.5 Å². The van der Waals surface area contributed by atoms with Gasteiger partial charge in [-0.25, -0.2) is 0 Å². The number of ether oxygens (including phenoxy) is 2. The van der Waals surface area contributed by atoms with Crippen molar-refractivity contribution in [3.63, 3.8) is 0 Å². The second kappa shape index (κ2) is 11.6. The Morgan fingerprint density at radius 2 is 1.70 bits per heavy atom. The Morgan fingerprint density at radius 3 is 2.33 bits per heavy atom. The maximum absolute atomic E-state index is 5.97. The van der Waals surface area contributed by atoms with Crippen LogP contribution in [0.4, 0.5) is 11.4 Å². The van der Waals surface area contributed by atoms with Crippen molar-refractivity contribution in [2.45, 2.75) is 39.8 Å². The Morgan fingerprint density at radius 1 is 0.950 bits per heavy atom. The average Bonchev–Trinajstić information content (AvgIpc) is 3.48. The zero-order chi connectivity index (χ0) is 28.4. The van der Waals surface area contributed by atoms with Crippen molar-refractivity contribution in [3.8, 4) is 17.2 Å². The molecule has 2 atom stereocenters. The molecule has 1 aliphatic rings. The Kier molecular flexibility index (Phi) is 7.98. The second-order valence-electron chi connectivity index (χ2n) is 9.88. The lowest BCUT2D eigenvalue weighted by molar-refractivity contribution is 0.394. The molecule has 0 radical (unpaired) electrons. The number of anilines is 2. The third-order valence-corrected chi connectivity index (χ3v) is 8.08. The molecule has 4 aromatic rings. The predicted octanol–water partition coefficient (Wildman–Crippen LogP) is 6.53. The minimum Gasteiger partial charge on any atom is -0.497 e. The summed E-state index contributed by atoms with van der Waals surface area (Å²) < 4.78 is 13.6. The standard InChI is InChI=1S/C32H37N5O2S/c1-7-35(8-2)23-12-14-24(15-13-23)36-21(3)19-26(22(36)4)31-30(27-11-9-10-18-33-27)34-32(40)37(31)28-17-16-25(38-5)20-29(28)39-6/h9-20,30-31H,7-8H2,1-6H3,(H,34,40)/t30-,31-/m0/s1. The lowest BCUT2D eigenvalue weighted by Crippen LogP contribution is -2.30. The van der Waals surface area contributed by atoms with Gasteiger partial charge in [0.2, 0.25) is 0 Å². The largest absolute Gasteiger partial charge is 0.497 e. The van der Waals surface area contributed by atoms with Crippen LogP contribution in [0.1, 0.15) is 48.6 Å². The van der Waals surface area contributed by atoms with Gasteiger partial charge < -0.3 is 29.2 Å². The van der Waals surface area contributed by atoms with Crippen molar-refractivity contribution in [3.05, 3.63) is 95.6 Å². The number of methoxy groups -OCH3 is 2. The fourth-order valence-corrected chi connectivity index (χ4v) is 6.14. The van der Waals surface area contributed by atoms with Crippen molar-refractivity contribution < 1.29 is 9.47 Å². The SMILES string of the molecule is CCN(CC)c1ccc(-n2c(C)cc([C@H]3[C@H](c4ccccn4)NC(=S)N3c3ccc(OC)cc3OC)c2C)cc1. The molecule has 0 spiro atoms. The Labute approximate surface area is 242 Å². The highest BCUT2D eigenvalue weighted by Crippen LogP contribution is 2.46. The first-order valence-corrected chi connectivity index (χ1v) is 14.1. The average molecular weight is 556 g/mol. The van der Waals surface area contributed by atoms with Crippen LogP contribution in [0.5, 0.6) is 11.5 Å². The zero-order valence-corrected chi connectivity index (χ0v) is 24.8. The lowest BCUT2D eigenvalue weighted by Gasteiger charge is -2.29. The summed E-state index contributed by atoms with van der Waals surface area (Å²) in [4.78, 5) is 9.23. The van der Waals surface area contributed by atoms with E-state index in [0.29, 0.717) is 10.9 Å². The van der Waals surface area contributed by atoms with Crippen LogP contribution in [0.2, 0.25) is 0 Å². The zero-order valence-electron chi connectivity index (χ0n) is 24.0. The van der Waals surface area contributed by atoms with Crippen LogP contribution >= 0.6 is 12.2 Å². The predicted molar refractivity (Wildman–Crippen MR) is 166 cm³/mol. The first kappa shape index (κ1) is 27.5. The van der Waals surface area contributed by atoms with E-state index in [1.165, 1.54) is 11.3 Å². The van der Waals surface area contributed by atoms with Crippen molar-refractivity contribution in [2.75, 3.05) is 37.1 Å². The van der Waals surface area contributed by atoms with Crippen molar-refractivity contribution in [2.24, 2.45) is 0 Å². The van der Waals surface area contributed by atoms with E-state index in [1.54, 1.807) is 14.2 Å². The van der Waals surface area contributed by atoms with Crippen LogP contribution in [0.15, 0.2) is 72.9 Å². The molecule has 7 nitrogen and oxygen atoms in total. The number of nitrogens with one attached hydrogen (secondary N) is 1. The number of rotatable bonds is 9. The van der Waals surface area contributed by atoms with Gasteiger partial charge in [0.25, 0.3) is 0 Å². The number of hydrogen-bond acceptors (Lipinski definition) is 5. The topological polar surface area (TPSA) is 54.8 Å². The van der Waals surface area contributed by atoms with Crippen LogP contribution in [0.3, 0.4) is 0 Å². The van der Waals surface area contributed by atoms with Gasteiger partial charge in [0, 0.05) is 48.1 Å². The molecule has 0 amide bonds. The molecule has 1 saturated heterocycles. The van der Waals surface area contributed by atoms with Crippen LogP contribution in [-0.2, 0) is 0 Å². The molecular weight excluding hydrogens is 518 g/mol. The van der Waals surface area contributed by atoms with Crippen molar-refractivity contribution in [1.82, 2.24) is 14.9 Å². The van der Waals surface area contributed by atoms with Gasteiger partial charge in [-0.15, -0.1) is 0 Å². The maximum Gasteiger partial charge on any atom is 0.174 e. The molecule has 2 aromatic carbocycles. The summed E-state index contributed by atoms with van der Waals surface area (Å²) in [5.74, 6) is 1.42. The van der Waals surface area contributed by atoms with E-state index in [9.17, 15) is 0 Å². The molecule has 0 unspecified atom stereocenters. The second-order valence-corrected chi connectivity index (χ2v) is 10.3. The van der Waals surface area contributed by atoms with Gasteiger partial charge in [-0.3, -0.25) is 4.98 Å². The van der Waals surface area contributed by atoms with Gasteiger partial charge >= 0.3 is 0 Å². The highest BCUT2D eigenvalue weighted by Gasteiger charge is 2.43. The van der Waals surface area contributed by atoms with E-state index < -0.39 is 0 Å². The number of thiocarbonyl (C=S) groups is 1. The fraction of sp³-hybridized carbons (Fsp3) is 0.312. The minimum atomic E-state index is -0.153. The summed E-state index contributed by atoms with van der Waals surface area (Å²) >= 11 is 5.97. The van der Waals surface area contributed by atoms with Crippen LogP contribution in [0.25, 0.3) is 5.69 Å². The van der Waals surface area contributed by atoms with Gasteiger partial charge in [-0.2, -0.15) is 0 Å². The van der Waals surface area contributed by atoms with E-state index in [1.807, 2.05) is 42.6 Å². The van der Waals surface area contributed by atoms with Gasteiger partial charge in [-0.05, 0) is 100 Å². The molecule has 0 aliphatic carbocycles. The lowest BCUT2D eigenvalue weighted by atomic mass is 9.96. The quantitative estimate of drug-likeness (QED) is 0.236. The molecule has 0 bridgehead atoms. The Balaban J connectivity index is 1.64. The highest BCUT2D eigenvalue weighted by atomic mass is 32.1. The van der Waals surface area contributed by atoms with Crippen molar-refractivity contribution in [1.29, 1.82) is 0 Å². The van der Waals surface area contributed by atoms with E-state index in [2.05, 4.69) is 77.7 Å². The molecule has 1 fully saturated rings. The summed E-state index contributed by atoms with van der Waals surface area (Å²) in [7, 11) is 3.32. The van der Waals surface area contributed by atoms with Gasteiger partial charge in [-0.1, -0.05) is 6.07 Å². The number of aromatic nitrogens is 2. The van der Waals surface area contributed by atoms with Gasteiger partial charge in [0.15, 0.2) is 5.11 Å². The molecule has 3 heterocycles. The molecule has 8 heteroatoms. The molecular formula is C32H37N5O2S. The maximum atomic E-state index is 5.97. The summed E-state index contributed by atoms with van der Waals surface area (Å²) in [6.07, 6.45) is 1.83. The number of pyridine rings is 1. The smallest absolute Gasteiger partial charge is 0.174 e. The number of hydrogen-bond donors (Lipinski definition) is 1. The third-order valence-electron chi connectivity index (χ3n) is 7.77.